The summed E-state index contributed by atoms with van der Waals surface area (Å²) in [6.45, 7) is 4.89. The summed E-state index contributed by atoms with van der Waals surface area (Å²) in [7, 11) is -1.59. The van der Waals surface area contributed by atoms with Crippen LogP contribution < -0.4 is 5.73 Å². The van der Waals surface area contributed by atoms with Crippen LogP contribution in [0.25, 0.3) is 0 Å². The molecule has 0 aromatic carbocycles. The Bertz CT molecular complexity index is 406. The molecule has 0 spiro atoms. The molecule has 0 aromatic rings. The SMILES string of the molecule is CCC(C(N)=S)N1CCN(S(=O)(=O)CCCOC)CC1. The average molecular weight is 323 g/mol. The maximum Gasteiger partial charge on any atom is 0.214 e. The summed E-state index contributed by atoms with van der Waals surface area (Å²) in [6.07, 6.45) is 1.39. The standard InChI is InChI=1S/C12H25N3O3S2/c1-3-11(12(13)19)14-5-7-15(8-6-14)20(16,17)10-4-9-18-2/h11H,3-10H2,1-2H3,(H2,13,19). The smallest absolute Gasteiger partial charge is 0.214 e. The Morgan fingerprint density at radius 1 is 1.35 bits per heavy atom. The number of sulfonamides is 1. The Labute approximate surface area is 127 Å². The minimum absolute atomic E-state index is 0.0725. The highest BCUT2D eigenvalue weighted by atomic mass is 32.2. The van der Waals surface area contributed by atoms with Gasteiger partial charge < -0.3 is 10.5 Å². The van der Waals surface area contributed by atoms with Crippen molar-refractivity contribution in [1.82, 2.24) is 9.21 Å². The largest absolute Gasteiger partial charge is 0.392 e. The third kappa shape index (κ3) is 4.92. The van der Waals surface area contributed by atoms with E-state index in [1.54, 1.807) is 11.4 Å². The van der Waals surface area contributed by atoms with Crippen LogP contribution in [0.3, 0.4) is 0 Å². The number of methoxy groups -OCH3 is 1. The van der Waals surface area contributed by atoms with Gasteiger partial charge in [0.1, 0.15) is 0 Å². The van der Waals surface area contributed by atoms with Crippen LogP contribution in [-0.4, -0.2) is 74.3 Å². The van der Waals surface area contributed by atoms with Gasteiger partial charge in [0, 0.05) is 39.9 Å². The van der Waals surface area contributed by atoms with E-state index in [-0.39, 0.29) is 11.8 Å². The fraction of sp³-hybridized carbons (Fsp3) is 0.917. The zero-order chi connectivity index (χ0) is 15.2. The van der Waals surface area contributed by atoms with Crippen LogP contribution >= 0.6 is 12.2 Å². The van der Waals surface area contributed by atoms with Crippen molar-refractivity contribution >= 4 is 27.2 Å². The number of piperazine rings is 1. The van der Waals surface area contributed by atoms with E-state index in [2.05, 4.69) is 4.90 Å². The molecule has 1 aliphatic rings. The Morgan fingerprint density at radius 2 is 1.95 bits per heavy atom. The molecule has 0 amide bonds. The third-order valence-electron chi connectivity index (χ3n) is 3.57. The first-order valence-electron chi connectivity index (χ1n) is 6.92. The first-order chi connectivity index (χ1) is 9.42. The van der Waals surface area contributed by atoms with Crippen LogP contribution in [0.15, 0.2) is 0 Å². The van der Waals surface area contributed by atoms with E-state index in [0.29, 0.717) is 44.2 Å². The lowest BCUT2D eigenvalue weighted by atomic mass is 10.1. The second kappa shape index (κ2) is 8.23. The predicted molar refractivity (Wildman–Crippen MR) is 84.3 cm³/mol. The van der Waals surface area contributed by atoms with Crippen LogP contribution in [0, 0.1) is 0 Å². The zero-order valence-corrected chi connectivity index (χ0v) is 13.9. The molecule has 0 saturated carbocycles. The van der Waals surface area contributed by atoms with Gasteiger partial charge in [0.25, 0.3) is 0 Å². The van der Waals surface area contributed by atoms with Gasteiger partial charge in [-0.15, -0.1) is 0 Å². The lowest BCUT2D eigenvalue weighted by Gasteiger charge is -2.38. The molecule has 8 heteroatoms. The van der Waals surface area contributed by atoms with Gasteiger partial charge in [-0.2, -0.15) is 4.31 Å². The van der Waals surface area contributed by atoms with Crippen LogP contribution in [0.4, 0.5) is 0 Å². The fourth-order valence-corrected chi connectivity index (χ4v) is 4.22. The van der Waals surface area contributed by atoms with Crippen molar-refractivity contribution in [3.05, 3.63) is 0 Å². The number of nitrogens with two attached hydrogens (primary N) is 1. The number of rotatable bonds is 8. The number of hydrogen-bond donors (Lipinski definition) is 1. The van der Waals surface area contributed by atoms with Gasteiger partial charge in [0.05, 0.1) is 16.8 Å². The topological polar surface area (TPSA) is 75.9 Å². The molecule has 1 unspecified atom stereocenters. The minimum Gasteiger partial charge on any atom is -0.392 e. The number of ether oxygens (including phenoxy) is 1. The van der Waals surface area contributed by atoms with Gasteiger partial charge in [0.2, 0.25) is 10.0 Å². The fourth-order valence-electron chi connectivity index (χ4n) is 2.45. The molecule has 1 atom stereocenters. The lowest BCUT2D eigenvalue weighted by Crippen LogP contribution is -2.54. The summed E-state index contributed by atoms with van der Waals surface area (Å²) in [5.41, 5.74) is 5.72. The van der Waals surface area contributed by atoms with Crippen molar-refractivity contribution in [2.75, 3.05) is 45.6 Å². The molecule has 1 saturated heterocycles. The highest BCUT2D eigenvalue weighted by Gasteiger charge is 2.29. The highest BCUT2D eigenvalue weighted by molar-refractivity contribution is 7.89. The number of nitrogens with zero attached hydrogens (tertiary/aromatic N) is 2. The molecule has 0 aliphatic carbocycles. The second-order valence-corrected chi connectivity index (χ2v) is 7.48. The highest BCUT2D eigenvalue weighted by Crippen LogP contribution is 2.13. The second-order valence-electron chi connectivity index (χ2n) is 4.92. The van der Waals surface area contributed by atoms with Gasteiger partial charge in [-0.3, -0.25) is 4.90 Å². The average Bonchev–Trinajstić information content (AvgIpc) is 2.40. The Kier molecular flexibility index (Phi) is 7.32. The molecule has 1 heterocycles. The molecule has 118 valence electrons. The van der Waals surface area contributed by atoms with E-state index in [0.717, 1.165) is 6.42 Å². The summed E-state index contributed by atoms with van der Waals surface area (Å²) >= 11 is 5.06. The summed E-state index contributed by atoms with van der Waals surface area (Å²) in [4.78, 5) is 2.66. The first kappa shape index (κ1) is 17.8. The molecule has 20 heavy (non-hydrogen) atoms. The van der Waals surface area contributed by atoms with Crippen LogP contribution in [0.1, 0.15) is 19.8 Å². The molecule has 1 rings (SSSR count). The van der Waals surface area contributed by atoms with Crippen molar-refractivity contribution in [1.29, 1.82) is 0 Å². The summed E-state index contributed by atoms with van der Waals surface area (Å²) in [5, 5.41) is 0. The molecule has 0 aromatic heterocycles. The third-order valence-corrected chi connectivity index (χ3v) is 5.80. The molecular formula is C12H25N3O3S2. The molecule has 6 nitrogen and oxygen atoms in total. The quantitative estimate of drug-likeness (QED) is 0.502. The molecule has 1 fully saturated rings. The maximum atomic E-state index is 12.1. The van der Waals surface area contributed by atoms with Gasteiger partial charge in [-0.05, 0) is 12.8 Å². The van der Waals surface area contributed by atoms with E-state index >= 15 is 0 Å². The lowest BCUT2D eigenvalue weighted by molar-refractivity contribution is 0.164. The van der Waals surface area contributed by atoms with E-state index in [9.17, 15) is 8.42 Å². The zero-order valence-electron chi connectivity index (χ0n) is 12.2. The van der Waals surface area contributed by atoms with E-state index in [1.807, 2.05) is 6.92 Å². The van der Waals surface area contributed by atoms with Gasteiger partial charge in [0.15, 0.2) is 0 Å². The normalized spacial score (nSPS) is 19.9. The van der Waals surface area contributed by atoms with Gasteiger partial charge >= 0.3 is 0 Å². The van der Waals surface area contributed by atoms with Crippen LogP contribution in [0.2, 0.25) is 0 Å². The van der Waals surface area contributed by atoms with Crippen molar-refractivity contribution in [2.45, 2.75) is 25.8 Å². The molecular weight excluding hydrogens is 298 g/mol. The predicted octanol–water partition coefficient (Wildman–Crippen LogP) is 0.0350. The summed E-state index contributed by atoms with van der Waals surface area (Å²) in [5.74, 6) is 0.146. The van der Waals surface area contributed by atoms with Crippen LogP contribution in [-0.2, 0) is 14.8 Å². The first-order valence-corrected chi connectivity index (χ1v) is 8.94. The van der Waals surface area contributed by atoms with E-state index in [4.69, 9.17) is 22.7 Å². The molecule has 2 N–H and O–H groups in total. The molecule has 0 radical (unpaired) electrons. The van der Waals surface area contributed by atoms with Crippen molar-refractivity contribution in [3.8, 4) is 0 Å². The summed E-state index contributed by atoms with van der Waals surface area (Å²) < 4.78 is 30.7. The Balaban J connectivity index is 2.51. The molecule has 0 bridgehead atoms. The summed E-state index contributed by atoms with van der Waals surface area (Å²) in [6, 6.07) is 0.0725. The van der Waals surface area contributed by atoms with Gasteiger partial charge in [-0.1, -0.05) is 19.1 Å². The van der Waals surface area contributed by atoms with E-state index in [1.165, 1.54) is 0 Å². The van der Waals surface area contributed by atoms with Gasteiger partial charge in [-0.25, -0.2) is 8.42 Å². The van der Waals surface area contributed by atoms with Crippen LogP contribution in [0.5, 0.6) is 0 Å². The minimum atomic E-state index is -3.17. The number of thiocarbonyl (C=S) groups is 1. The molecule has 1 aliphatic heterocycles. The van der Waals surface area contributed by atoms with Crippen molar-refractivity contribution in [3.63, 3.8) is 0 Å². The Hall–Kier alpha value is -0.280. The van der Waals surface area contributed by atoms with Crippen molar-refractivity contribution in [2.24, 2.45) is 5.73 Å². The monoisotopic (exact) mass is 323 g/mol. The van der Waals surface area contributed by atoms with Crippen molar-refractivity contribution < 1.29 is 13.2 Å². The maximum absolute atomic E-state index is 12.1. The Morgan fingerprint density at radius 3 is 2.40 bits per heavy atom. The van der Waals surface area contributed by atoms with E-state index < -0.39 is 10.0 Å². The number of hydrogen-bond acceptors (Lipinski definition) is 5.